The number of carbonyl (C=O) groups is 2. The fourth-order valence-electron chi connectivity index (χ4n) is 2.76. The summed E-state index contributed by atoms with van der Waals surface area (Å²) in [5.41, 5.74) is 3.96. The lowest BCUT2D eigenvalue weighted by atomic mass is 9.87. The lowest BCUT2D eigenvalue weighted by Gasteiger charge is -2.27. The number of hydrogen-bond acceptors (Lipinski definition) is 6. The van der Waals surface area contributed by atoms with E-state index in [1.807, 2.05) is 18.2 Å². The summed E-state index contributed by atoms with van der Waals surface area (Å²) in [5, 5.41) is 12.7. The van der Waals surface area contributed by atoms with Crippen molar-refractivity contribution in [3.05, 3.63) is 53.6 Å². The summed E-state index contributed by atoms with van der Waals surface area (Å²) in [5.74, 6) is -0.0783. The summed E-state index contributed by atoms with van der Waals surface area (Å²) in [6.45, 7) is 5.88. The highest BCUT2D eigenvalue weighted by Gasteiger charge is 2.28. The number of carboxylic acids is 1. The maximum atomic E-state index is 12.4. The summed E-state index contributed by atoms with van der Waals surface area (Å²) in [6, 6.07) is 12.5. The minimum atomic E-state index is -1.08. The van der Waals surface area contributed by atoms with Crippen LogP contribution in [0, 0.1) is 0 Å². The number of ether oxygens (including phenoxy) is 3. The Morgan fingerprint density at radius 1 is 1.23 bits per heavy atom. The minimum Gasteiger partial charge on any atom is -0.485 e. The van der Waals surface area contributed by atoms with E-state index in [2.05, 4.69) is 31.3 Å². The van der Waals surface area contributed by atoms with Gasteiger partial charge in [-0.05, 0) is 35.2 Å². The van der Waals surface area contributed by atoms with Gasteiger partial charge >= 0.3 is 5.97 Å². The molecular formula is C22H24N2O6. The van der Waals surface area contributed by atoms with Gasteiger partial charge in [-0.15, -0.1) is 0 Å². The average molecular weight is 412 g/mol. The number of aliphatic carboxylic acids is 1. The Balaban J connectivity index is 1.63. The molecule has 30 heavy (non-hydrogen) atoms. The van der Waals surface area contributed by atoms with Gasteiger partial charge in [0.2, 0.25) is 6.10 Å². The molecule has 0 fully saturated rings. The van der Waals surface area contributed by atoms with Gasteiger partial charge < -0.3 is 19.3 Å². The largest absolute Gasteiger partial charge is 0.485 e. The topological polar surface area (TPSA) is 106 Å². The molecule has 8 nitrogen and oxygen atoms in total. The molecule has 0 aromatic heterocycles. The van der Waals surface area contributed by atoms with E-state index in [0.717, 1.165) is 5.56 Å². The highest BCUT2D eigenvalue weighted by molar-refractivity contribution is 5.86. The van der Waals surface area contributed by atoms with Gasteiger partial charge in [-0.3, -0.25) is 4.79 Å². The second kappa shape index (κ2) is 8.86. The number of carboxylic acid groups (broad SMARTS) is 1. The van der Waals surface area contributed by atoms with Crippen molar-refractivity contribution >= 4 is 18.1 Å². The van der Waals surface area contributed by atoms with E-state index < -0.39 is 24.6 Å². The molecule has 2 aromatic carbocycles. The molecule has 0 unspecified atom stereocenters. The Morgan fingerprint density at radius 2 is 2.00 bits per heavy atom. The average Bonchev–Trinajstić information content (AvgIpc) is 2.71. The number of hydrazone groups is 1. The first-order valence-electron chi connectivity index (χ1n) is 9.44. The molecule has 8 heteroatoms. The van der Waals surface area contributed by atoms with Gasteiger partial charge in [-0.2, -0.15) is 5.10 Å². The van der Waals surface area contributed by atoms with Gasteiger partial charge in [0, 0.05) is 5.56 Å². The zero-order valence-corrected chi connectivity index (χ0v) is 17.0. The molecule has 1 atom stereocenters. The minimum absolute atomic E-state index is 0.0615. The van der Waals surface area contributed by atoms with Crippen LogP contribution < -0.4 is 19.6 Å². The molecule has 0 saturated carbocycles. The van der Waals surface area contributed by atoms with Crippen LogP contribution in [0.15, 0.2) is 47.6 Å². The van der Waals surface area contributed by atoms with Crippen LogP contribution in [0.2, 0.25) is 0 Å². The molecule has 2 N–H and O–H groups in total. The number of rotatable bonds is 6. The highest BCUT2D eigenvalue weighted by atomic mass is 16.6. The van der Waals surface area contributed by atoms with Crippen LogP contribution in [0.25, 0.3) is 0 Å². The first-order chi connectivity index (χ1) is 14.2. The van der Waals surface area contributed by atoms with Crippen molar-refractivity contribution in [3.63, 3.8) is 0 Å². The maximum Gasteiger partial charge on any atom is 0.341 e. The van der Waals surface area contributed by atoms with Crippen molar-refractivity contribution in [3.8, 4) is 17.2 Å². The molecule has 0 aliphatic carbocycles. The molecule has 1 amide bonds. The number of carbonyl (C=O) groups excluding carboxylic acids is 1. The Morgan fingerprint density at radius 3 is 2.73 bits per heavy atom. The molecule has 3 rings (SSSR count). The number of fused-ring (bicyclic) bond motifs is 1. The van der Waals surface area contributed by atoms with Crippen LogP contribution in [-0.2, 0) is 15.0 Å². The van der Waals surface area contributed by atoms with Crippen LogP contribution in [0.3, 0.4) is 0 Å². The Bertz CT molecular complexity index is 964. The van der Waals surface area contributed by atoms with Crippen molar-refractivity contribution in [1.82, 2.24) is 5.43 Å². The van der Waals surface area contributed by atoms with E-state index in [0.29, 0.717) is 22.8 Å². The number of amides is 1. The quantitative estimate of drug-likeness (QED) is 0.558. The van der Waals surface area contributed by atoms with E-state index in [4.69, 9.17) is 19.3 Å². The number of para-hydroxylation sites is 1. The summed E-state index contributed by atoms with van der Waals surface area (Å²) in [7, 11) is 0. The summed E-state index contributed by atoms with van der Waals surface area (Å²) in [6.07, 6.45) is 0.535. The highest BCUT2D eigenvalue weighted by Crippen LogP contribution is 2.36. The molecular weight excluding hydrogens is 388 g/mol. The second-order valence-corrected chi connectivity index (χ2v) is 7.78. The Labute approximate surface area is 174 Å². The Hall–Kier alpha value is -3.55. The summed E-state index contributed by atoms with van der Waals surface area (Å²) in [4.78, 5) is 23.1. The maximum absolute atomic E-state index is 12.4. The molecule has 158 valence electrons. The van der Waals surface area contributed by atoms with Crippen LogP contribution in [0.5, 0.6) is 17.2 Å². The third kappa shape index (κ3) is 5.28. The standard InChI is InChI=1S/C22H24N2O6/c1-22(2,3)15-8-9-17-18(10-15)30-19(12-28-17)21(27)24-23-11-14-6-4-5-7-16(14)29-13-20(25)26/h4-11,19H,12-13H2,1-3H3,(H,24,27)(H,25,26)/b23-11-/t19-/m0/s1. The van der Waals surface area contributed by atoms with Crippen molar-refractivity contribution in [2.75, 3.05) is 13.2 Å². The first kappa shape index (κ1) is 21.2. The van der Waals surface area contributed by atoms with Crippen LogP contribution in [-0.4, -0.2) is 42.5 Å². The third-order valence-electron chi connectivity index (χ3n) is 4.41. The van der Waals surface area contributed by atoms with Gasteiger partial charge in [-0.25, -0.2) is 10.2 Å². The molecule has 1 aliphatic rings. The van der Waals surface area contributed by atoms with E-state index in [1.165, 1.54) is 6.21 Å². The van der Waals surface area contributed by atoms with Crippen molar-refractivity contribution in [1.29, 1.82) is 0 Å². The van der Waals surface area contributed by atoms with E-state index >= 15 is 0 Å². The predicted octanol–water partition coefficient (Wildman–Crippen LogP) is 2.74. The molecule has 2 aromatic rings. The smallest absolute Gasteiger partial charge is 0.341 e. The van der Waals surface area contributed by atoms with Gasteiger partial charge in [0.25, 0.3) is 5.91 Å². The van der Waals surface area contributed by atoms with Crippen LogP contribution >= 0.6 is 0 Å². The van der Waals surface area contributed by atoms with Gasteiger partial charge in [0.1, 0.15) is 12.4 Å². The van der Waals surface area contributed by atoms with E-state index in [9.17, 15) is 9.59 Å². The zero-order valence-electron chi connectivity index (χ0n) is 17.0. The number of nitrogens with one attached hydrogen (secondary N) is 1. The monoisotopic (exact) mass is 412 g/mol. The van der Waals surface area contributed by atoms with Crippen molar-refractivity contribution < 1.29 is 28.9 Å². The fourth-order valence-corrected chi connectivity index (χ4v) is 2.76. The normalized spacial score (nSPS) is 15.6. The van der Waals surface area contributed by atoms with Crippen molar-refractivity contribution in [2.24, 2.45) is 5.10 Å². The SMILES string of the molecule is CC(C)(C)c1ccc2c(c1)O[C@H](C(=O)N/N=C\c1ccccc1OCC(=O)O)CO2. The second-order valence-electron chi connectivity index (χ2n) is 7.78. The van der Waals surface area contributed by atoms with Gasteiger partial charge in [0.05, 0.1) is 6.21 Å². The van der Waals surface area contributed by atoms with Crippen LogP contribution in [0.1, 0.15) is 31.9 Å². The molecule has 0 bridgehead atoms. The third-order valence-corrected chi connectivity index (χ3v) is 4.41. The Kier molecular flexibility index (Phi) is 6.25. The molecule has 0 saturated heterocycles. The lowest BCUT2D eigenvalue weighted by Crippen LogP contribution is -2.42. The van der Waals surface area contributed by atoms with E-state index in [1.54, 1.807) is 24.3 Å². The fraction of sp³-hybridized carbons (Fsp3) is 0.318. The molecule has 0 spiro atoms. The molecule has 1 heterocycles. The first-order valence-corrected chi connectivity index (χ1v) is 9.44. The van der Waals surface area contributed by atoms with E-state index in [-0.39, 0.29) is 12.0 Å². The zero-order chi connectivity index (χ0) is 21.7. The summed E-state index contributed by atoms with van der Waals surface area (Å²) < 4.78 is 16.7. The number of nitrogens with zero attached hydrogens (tertiary/aromatic N) is 1. The molecule has 0 radical (unpaired) electrons. The number of benzene rings is 2. The van der Waals surface area contributed by atoms with Gasteiger partial charge in [-0.1, -0.05) is 39.0 Å². The lowest BCUT2D eigenvalue weighted by molar-refractivity contribution is -0.139. The van der Waals surface area contributed by atoms with Crippen molar-refractivity contribution in [2.45, 2.75) is 32.3 Å². The number of hydrogen-bond donors (Lipinski definition) is 2. The van der Waals surface area contributed by atoms with Crippen LogP contribution in [0.4, 0.5) is 0 Å². The van der Waals surface area contributed by atoms with Gasteiger partial charge in [0.15, 0.2) is 18.1 Å². The summed E-state index contributed by atoms with van der Waals surface area (Å²) >= 11 is 0. The molecule has 1 aliphatic heterocycles. The predicted molar refractivity (Wildman–Crippen MR) is 110 cm³/mol.